The molecule has 0 radical (unpaired) electrons. The summed E-state index contributed by atoms with van der Waals surface area (Å²) in [6, 6.07) is 4.62. The number of Topliss-reactive ketones (excluding diaryl/α,β-unsaturated/α-hetero) is 2. The van der Waals surface area contributed by atoms with Crippen LogP contribution in [-0.4, -0.2) is 24.6 Å². The van der Waals surface area contributed by atoms with Crippen molar-refractivity contribution in [1.29, 1.82) is 0 Å². The van der Waals surface area contributed by atoms with Crippen molar-refractivity contribution in [3.63, 3.8) is 0 Å². The second-order valence-corrected chi connectivity index (χ2v) is 4.02. The van der Waals surface area contributed by atoms with Crippen LogP contribution in [0.25, 0.3) is 0 Å². The van der Waals surface area contributed by atoms with E-state index in [4.69, 9.17) is 0 Å². The number of rotatable bonds is 5. The third-order valence-electron chi connectivity index (χ3n) is 2.63. The Balaban J connectivity index is 3.11. The smallest absolute Gasteiger partial charge is 0.337 e. The molecule has 18 heavy (non-hydrogen) atoms. The first-order valence-corrected chi connectivity index (χ1v) is 5.77. The SMILES string of the molecule is CCCC(=O)C(=O)c1cc(C(=O)OC)ccc1C. The molecule has 0 bridgehead atoms. The van der Waals surface area contributed by atoms with Gasteiger partial charge >= 0.3 is 5.97 Å². The fourth-order valence-corrected chi connectivity index (χ4v) is 1.60. The van der Waals surface area contributed by atoms with Crippen LogP contribution >= 0.6 is 0 Å². The molecule has 1 aromatic rings. The van der Waals surface area contributed by atoms with Crippen LogP contribution < -0.4 is 0 Å². The highest BCUT2D eigenvalue weighted by Crippen LogP contribution is 2.14. The number of hydrogen-bond donors (Lipinski definition) is 0. The topological polar surface area (TPSA) is 60.4 Å². The maximum atomic E-state index is 11.9. The highest BCUT2D eigenvalue weighted by molar-refractivity contribution is 6.44. The third kappa shape index (κ3) is 3.03. The average Bonchev–Trinajstić information content (AvgIpc) is 2.37. The molecule has 96 valence electrons. The molecule has 0 aromatic heterocycles. The number of ether oxygens (including phenoxy) is 1. The van der Waals surface area contributed by atoms with Gasteiger partial charge in [-0.25, -0.2) is 4.79 Å². The van der Waals surface area contributed by atoms with Crippen LogP contribution in [0.4, 0.5) is 0 Å². The van der Waals surface area contributed by atoms with Crippen LogP contribution in [-0.2, 0) is 9.53 Å². The molecule has 0 atom stereocenters. The summed E-state index contributed by atoms with van der Waals surface area (Å²) in [5, 5.41) is 0. The van der Waals surface area contributed by atoms with Crippen LogP contribution in [0.3, 0.4) is 0 Å². The van der Waals surface area contributed by atoms with Crippen molar-refractivity contribution in [3.05, 3.63) is 34.9 Å². The summed E-state index contributed by atoms with van der Waals surface area (Å²) in [5.74, 6) is -1.49. The van der Waals surface area contributed by atoms with Crippen LogP contribution in [0.5, 0.6) is 0 Å². The summed E-state index contributed by atoms with van der Waals surface area (Å²) in [6.07, 6.45) is 0.848. The minimum Gasteiger partial charge on any atom is -0.465 e. The summed E-state index contributed by atoms with van der Waals surface area (Å²) in [5.41, 5.74) is 1.23. The van der Waals surface area contributed by atoms with Crippen molar-refractivity contribution in [3.8, 4) is 0 Å². The summed E-state index contributed by atoms with van der Waals surface area (Å²) in [4.78, 5) is 34.9. The zero-order valence-electron chi connectivity index (χ0n) is 10.8. The van der Waals surface area contributed by atoms with Gasteiger partial charge in [-0.05, 0) is 31.0 Å². The Kier molecular flexibility index (Phi) is 4.77. The molecule has 1 aromatic carbocycles. The second kappa shape index (κ2) is 6.10. The Morgan fingerprint density at radius 1 is 1.22 bits per heavy atom. The van der Waals surface area contributed by atoms with Gasteiger partial charge in [0.15, 0.2) is 0 Å². The van der Waals surface area contributed by atoms with Gasteiger partial charge in [0, 0.05) is 12.0 Å². The van der Waals surface area contributed by atoms with E-state index >= 15 is 0 Å². The van der Waals surface area contributed by atoms with E-state index in [0.717, 1.165) is 0 Å². The summed E-state index contributed by atoms with van der Waals surface area (Å²) in [6.45, 7) is 3.57. The molecular formula is C14H16O4. The Bertz CT molecular complexity index is 489. The number of carbonyl (C=O) groups is 3. The number of methoxy groups -OCH3 is 1. The van der Waals surface area contributed by atoms with E-state index < -0.39 is 17.5 Å². The molecule has 0 heterocycles. The van der Waals surface area contributed by atoms with Crippen molar-refractivity contribution in [1.82, 2.24) is 0 Å². The zero-order valence-corrected chi connectivity index (χ0v) is 10.8. The van der Waals surface area contributed by atoms with Crippen LogP contribution in [0.2, 0.25) is 0 Å². The highest BCUT2D eigenvalue weighted by Gasteiger charge is 2.19. The molecule has 0 aliphatic heterocycles. The normalized spacial score (nSPS) is 9.94. The van der Waals surface area contributed by atoms with E-state index in [1.807, 2.05) is 6.92 Å². The van der Waals surface area contributed by atoms with Crippen molar-refractivity contribution < 1.29 is 19.1 Å². The number of benzene rings is 1. The molecule has 4 nitrogen and oxygen atoms in total. The quantitative estimate of drug-likeness (QED) is 0.456. The van der Waals surface area contributed by atoms with Gasteiger partial charge in [0.1, 0.15) is 0 Å². The lowest BCUT2D eigenvalue weighted by Crippen LogP contribution is -2.16. The lowest BCUT2D eigenvalue weighted by molar-refractivity contribution is -0.115. The number of ketones is 2. The number of hydrogen-bond acceptors (Lipinski definition) is 4. The van der Waals surface area contributed by atoms with Gasteiger partial charge in [-0.3, -0.25) is 9.59 Å². The monoisotopic (exact) mass is 248 g/mol. The van der Waals surface area contributed by atoms with E-state index in [0.29, 0.717) is 12.0 Å². The number of esters is 1. The summed E-state index contributed by atoms with van der Waals surface area (Å²) < 4.78 is 4.58. The zero-order chi connectivity index (χ0) is 13.7. The third-order valence-corrected chi connectivity index (χ3v) is 2.63. The molecule has 1 rings (SSSR count). The predicted octanol–water partition coefficient (Wildman–Crippen LogP) is 2.33. The van der Waals surface area contributed by atoms with Crippen LogP contribution in [0.1, 0.15) is 46.0 Å². The Morgan fingerprint density at radius 2 is 1.89 bits per heavy atom. The minimum atomic E-state index is -0.542. The van der Waals surface area contributed by atoms with E-state index in [-0.39, 0.29) is 17.5 Å². The van der Waals surface area contributed by atoms with Gasteiger partial charge in [0.05, 0.1) is 12.7 Å². The molecule has 0 N–H and O–H groups in total. The first-order chi connectivity index (χ1) is 8.51. The standard InChI is InChI=1S/C14H16O4/c1-4-5-12(15)13(16)11-8-10(14(17)18-3)7-6-9(11)2/h6-8H,4-5H2,1-3H3. The van der Waals surface area contributed by atoms with Gasteiger partial charge < -0.3 is 4.74 Å². The fraction of sp³-hybridized carbons (Fsp3) is 0.357. The minimum absolute atomic E-state index is 0.223. The van der Waals surface area contributed by atoms with Crippen LogP contribution in [0, 0.1) is 6.92 Å². The van der Waals surface area contributed by atoms with Crippen molar-refractivity contribution in [2.75, 3.05) is 7.11 Å². The lowest BCUT2D eigenvalue weighted by atomic mass is 9.97. The first-order valence-electron chi connectivity index (χ1n) is 5.77. The van der Waals surface area contributed by atoms with Gasteiger partial charge in [0.25, 0.3) is 0 Å². The maximum absolute atomic E-state index is 11.9. The van der Waals surface area contributed by atoms with Gasteiger partial charge in [-0.2, -0.15) is 0 Å². The largest absolute Gasteiger partial charge is 0.465 e. The molecule has 0 unspecified atom stereocenters. The maximum Gasteiger partial charge on any atom is 0.337 e. The molecule has 4 heteroatoms. The van der Waals surface area contributed by atoms with Crippen LogP contribution in [0.15, 0.2) is 18.2 Å². The molecule has 0 saturated carbocycles. The van der Waals surface area contributed by atoms with Crippen molar-refractivity contribution in [2.24, 2.45) is 0 Å². The van der Waals surface area contributed by atoms with Gasteiger partial charge in [-0.1, -0.05) is 13.0 Å². The summed E-state index contributed by atoms with van der Waals surface area (Å²) in [7, 11) is 1.27. The number of aryl methyl sites for hydroxylation is 1. The van der Waals surface area contributed by atoms with Crippen molar-refractivity contribution >= 4 is 17.5 Å². The first kappa shape index (κ1) is 14.1. The highest BCUT2D eigenvalue weighted by atomic mass is 16.5. The molecule has 0 aliphatic carbocycles. The Hall–Kier alpha value is -1.97. The van der Waals surface area contributed by atoms with Gasteiger partial charge in [0.2, 0.25) is 11.6 Å². The van der Waals surface area contributed by atoms with E-state index in [2.05, 4.69) is 4.74 Å². The Morgan fingerprint density at radius 3 is 2.44 bits per heavy atom. The predicted molar refractivity (Wildman–Crippen MR) is 66.8 cm³/mol. The van der Waals surface area contributed by atoms with E-state index in [1.165, 1.54) is 13.2 Å². The van der Waals surface area contributed by atoms with Gasteiger partial charge in [-0.15, -0.1) is 0 Å². The fourth-order valence-electron chi connectivity index (χ4n) is 1.60. The lowest BCUT2D eigenvalue weighted by Gasteiger charge is -2.06. The summed E-state index contributed by atoms with van der Waals surface area (Å²) >= 11 is 0. The molecular weight excluding hydrogens is 232 g/mol. The van der Waals surface area contributed by atoms with E-state index in [1.54, 1.807) is 19.1 Å². The second-order valence-electron chi connectivity index (χ2n) is 4.02. The Labute approximate surface area is 106 Å². The molecule has 0 aliphatic rings. The molecule has 0 spiro atoms. The van der Waals surface area contributed by atoms with Crippen molar-refractivity contribution in [2.45, 2.75) is 26.7 Å². The molecule has 0 amide bonds. The molecule has 0 fully saturated rings. The average molecular weight is 248 g/mol. The number of carbonyl (C=O) groups excluding carboxylic acids is 3. The molecule has 0 saturated heterocycles. The van der Waals surface area contributed by atoms with E-state index in [9.17, 15) is 14.4 Å².